The van der Waals surface area contributed by atoms with Gasteiger partial charge in [-0.3, -0.25) is 9.59 Å². The van der Waals surface area contributed by atoms with Gasteiger partial charge in [-0.15, -0.1) is 0 Å². The van der Waals surface area contributed by atoms with E-state index in [2.05, 4.69) is 0 Å². The Bertz CT molecular complexity index is 911. The zero-order valence-corrected chi connectivity index (χ0v) is 14.0. The van der Waals surface area contributed by atoms with E-state index in [0.717, 1.165) is 0 Å². The number of carbonyl (C=O) groups excluding carboxylic acids is 3. The number of rotatable bonds is 4. The summed E-state index contributed by atoms with van der Waals surface area (Å²) in [5, 5.41) is 0.582. The zero-order chi connectivity index (χ0) is 18.7. The number of likely N-dealkylation sites (tertiary alicyclic amines) is 1. The summed E-state index contributed by atoms with van der Waals surface area (Å²) in [6.07, 6.45) is 0.979. The molecule has 0 atom stereocenters. The first-order valence-corrected chi connectivity index (χ1v) is 8.23. The van der Waals surface area contributed by atoms with E-state index in [1.54, 1.807) is 24.3 Å². The number of nitrogens with two attached hydrogens (primary N) is 1. The summed E-state index contributed by atoms with van der Waals surface area (Å²) in [5.74, 6) is -1.90. The highest BCUT2D eigenvalue weighted by atomic mass is 16.5. The van der Waals surface area contributed by atoms with Gasteiger partial charge in [0.15, 0.2) is 6.61 Å². The van der Waals surface area contributed by atoms with Crippen molar-refractivity contribution in [1.29, 1.82) is 0 Å². The molecule has 1 aromatic carbocycles. The molecule has 1 aliphatic rings. The minimum Gasteiger partial charge on any atom is -0.452 e. The molecular weight excluding hydrogens is 340 g/mol. The maximum absolute atomic E-state index is 12.1. The molecule has 26 heavy (non-hydrogen) atoms. The molecule has 1 saturated heterocycles. The van der Waals surface area contributed by atoms with Gasteiger partial charge in [0.05, 0.1) is 0 Å². The first-order chi connectivity index (χ1) is 12.5. The number of hydrogen-bond acceptors (Lipinski definition) is 6. The Labute approximate surface area is 148 Å². The first kappa shape index (κ1) is 17.7. The maximum Gasteiger partial charge on any atom is 0.351 e. The number of piperidine rings is 1. The molecule has 8 nitrogen and oxygen atoms in total. The number of hydrogen-bond donors (Lipinski definition) is 1. The average molecular weight is 358 g/mol. The molecule has 0 saturated carbocycles. The molecule has 8 heteroatoms. The number of esters is 1. The lowest BCUT2D eigenvalue weighted by molar-refractivity contribution is -0.137. The quantitative estimate of drug-likeness (QED) is 0.634. The Morgan fingerprint density at radius 2 is 1.88 bits per heavy atom. The van der Waals surface area contributed by atoms with Gasteiger partial charge < -0.3 is 19.8 Å². The summed E-state index contributed by atoms with van der Waals surface area (Å²) in [4.78, 5) is 48.8. The van der Waals surface area contributed by atoms with Crippen LogP contribution in [0.3, 0.4) is 0 Å². The summed E-state index contributed by atoms with van der Waals surface area (Å²) in [5.41, 5.74) is 4.54. The van der Waals surface area contributed by atoms with Gasteiger partial charge in [-0.05, 0) is 25.0 Å². The van der Waals surface area contributed by atoms with Crippen molar-refractivity contribution in [2.75, 3.05) is 19.7 Å². The molecule has 0 unspecified atom stereocenters. The van der Waals surface area contributed by atoms with E-state index in [9.17, 15) is 19.2 Å². The molecule has 1 aromatic heterocycles. The predicted molar refractivity (Wildman–Crippen MR) is 91.3 cm³/mol. The number of carbonyl (C=O) groups is 3. The van der Waals surface area contributed by atoms with Gasteiger partial charge in [-0.25, -0.2) is 9.59 Å². The van der Waals surface area contributed by atoms with Crippen molar-refractivity contribution in [3.05, 3.63) is 46.3 Å². The van der Waals surface area contributed by atoms with Crippen molar-refractivity contribution in [2.24, 2.45) is 11.7 Å². The van der Waals surface area contributed by atoms with Gasteiger partial charge in [-0.2, -0.15) is 0 Å². The lowest BCUT2D eigenvalue weighted by Crippen LogP contribution is -2.43. The van der Waals surface area contributed by atoms with Gasteiger partial charge in [-0.1, -0.05) is 18.2 Å². The second-order valence-corrected chi connectivity index (χ2v) is 6.12. The maximum atomic E-state index is 12.1. The molecule has 3 rings (SSSR count). The van der Waals surface area contributed by atoms with E-state index in [4.69, 9.17) is 14.9 Å². The van der Waals surface area contributed by atoms with Crippen molar-refractivity contribution in [3.63, 3.8) is 0 Å². The number of ether oxygens (including phenoxy) is 1. The summed E-state index contributed by atoms with van der Waals surface area (Å²) in [6.45, 7) is 0.274. The lowest BCUT2D eigenvalue weighted by Gasteiger charge is -2.30. The fourth-order valence-corrected chi connectivity index (χ4v) is 2.91. The molecule has 0 aliphatic carbocycles. The Kier molecular flexibility index (Phi) is 5.01. The van der Waals surface area contributed by atoms with Crippen LogP contribution in [-0.2, 0) is 14.3 Å². The molecule has 2 aromatic rings. The van der Waals surface area contributed by atoms with Crippen molar-refractivity contribution in [3.8, 4) is 0 Å². The predicted octanol–water partition coefficient (Wildman–Crippen LogP) is 0.674. The van der Waals surface area contributed by atoms with Crippen molar-refractivity contribution in [1.82, 2.24) is 4.90 Å². The molecule has 2 amide bonds. The van der Waals surface area contributed by atoms with Crippen LogP contribution in [0.15, 0.2) is 39.5 Å². The molecule has 0 bridgehead atoms. The molecule has 1 fully saturated rings. The third kappa shape index (κ3) is 3.74. The largest absolute Gasteiger partial charge is 0.452 e. The third-order valence-electron chi connectivity index (χ3n) is 4.44. The highest BCUT2D eigenvalue weighted by Crippen LogP contribution is 2.17. The minimum absolute atomic E-state index is 0.233. The topological polar surface area (TPSA) is 120 Å². The van der Waals surface area contributed by atoms with Crippen LogP contribution in [0.1, 0.15) is 23.2 Å². The number of para-hydroxylation sites is 1. The molecule has 1 aliphatic heterocycles. The van der Waals surface area contributed by atoms with Crippen molar-refractivity contribution in [2.45, 2.75) is 12.8 Å². The van der Waals surface area contributed by atoms with Crippen LogP contribution >= 0.6 is 0 Å². The summed E-state index contributed by atoms with van der Waals surface area (Å²) in [6, 6.07) is 8.15. The molecular formula is C18H18N2O6. The molecule has 0 radical (unpaired) electrons. The van der Waals surface area contributed by atoms with Crippen LogP contribution in [0.4, 0.5) is 0 Å². The van der Waals surface area contributed by atoms with E-state index in [0.29, 0.717) is 36.9 Å². The van der Waals surface area contributed by atoms with E-state index in [1.165, 1.54) is 11.0 Å². The van der Waals surface area contributed by atoms with Crippen LogP contribution < -0.4 is 11.4 Å². The fourth-order valence-electron chi connectivity index (χ4n) is 2.91. The smallest absolute Gasteiger partial charge is 0.351 e. The van der Waals surface area contributed by atoms with Gasteiger partial charge in [0, 0.05) is 24.4 Å². The Morgan fingerprint density at radius 1 is 1.19 bits per heavy atom. The van der Waals surface area contributed by atoms with Crippen LogP contribution in [0.25, 0.3) is 11.0 Å². The van der Waals surface area contributed by atoms with Crippen LogP contribution in [-0.4, -0.2) is 42.4 Å². The summed E-state index contributed by atoms with van der Waals surface area (Å²) >= 11 is 0. The number of benzene rings is 1. The number of amides is 2. The summed E-state index contributed by atoms with van der Waals surface area (Å²) in [7, 11) is 0. The molecule has 0 spiro atoms. The third-order valence-corrected chi connectivity index (χ3v) is 4.44. The highest BCUT2D eigenvalue weighted by Gasteiger charge is 2.26. The Morgan fingerprint density at radius 3 is 2.58 bits per heavy atom. The highest BCUT2D eigenvalue weighted by molar-refractivity contribution is 5.94. The SMILES string of the molecule is NC(=O)C1CCN(C(=O)COC(=O)c2cc3ccccc3oc2=O)CC1. The molecule has 136 valence electrons. The van der Waals surface area contributed by atoms with Gasteiger partial charge in [0.2, 0.25) is 5.91 Å². The second-order valence-electron chi connectivity index (χ2n) is 6.12. The summed E-state index contributed by atoms with van der Waals surface area (Å²) < 4.78 is 10.0. The number of fused-ring (bicyclic) bond motifs is 1. The van der Waals surface area contributed by atoms with Crippen LogP contribution in [0.5, 0.6) is 0 Å². The molecule has 2 heterocycles. The van der Waals surface area contributed by atoms with Crippen LogP contribution in [0, 0.1) is 5.92 Å². The van der Waals surface area contributed by atoms with Gasteiger partial charge in [0.1, 0.15) is 11.1 Å². The van der Waals surface area contributed by atoms with Crippen LogP contribution in [0.2, 0.25) is 0 Å². The van der Waals surface area contributed by atoms with Crippen molar-refractivity contribution < 1.29 is 23.5 Å². The van der Waals surface area contributed by atoms with E-state index >= 15 is 0 Å². The minimum atomic E-state index is -0.912. The van der Waals surface area contributed by atoms with Gasteiger partial charge >= 0.3 is 11.6 Å². The lowest BCUT2D eigenvalue weighted by atomic mass is 9.96. The average Bonchev–Trinajstić information content (AvgIpc) is 2.65. The zero-order valence-electron chi connectivity index (χ0n) is 14.0. The number of primary amides is 1. The number of nitrogens with zero attached hydrogens (tertiary/aromatic N) is 1. The monoisotopic (exact) mass is 358 g/mol. The van der Waals surface area contributed by atoms with E-state index in [1.807, 2.05) is 0 Å². The normalized spacial score (nSPS) is 15.0. The Balaban J connectivity index is 1.61. The molecule has 2 N–H and O–H groups in total. The van der Waals surface area contributed by atoms with E-state index < -0.39 is 18.2 Å². The second kappa shape index (κ2) is 7.38. The van der Waals surface area contributed by atoms with E-state index in [-0.39, 0.29) is 23.3 Å². The first-order valence-electron chi connectivity index (χ1n) is 8.23. The van der Waals surface area contributed by atoms with Gasteiger partial charge in [0.25, 0.3) is 5.91 Å². The van der Waals surface area contributed by atoms with Crippen molar-refractivity contribution >= 4 is 28.8 Å². The Hall–Kier alpha value is -3.16. The standard InChI is InChI=1S/C18H18N2O6/c19-16(22)11-5-7-20(8-6-11)15(21)10-25-17(23)13-9-12-3-1-2-4-14(12)26-18(13)24/h1-4,9,11H,5-8,10H2,(H2,19,22). The fraction of sp³-hybridized carbons (Fsp3) is 0.333.